The first-order valence-electron chi connectivity index (χ1n) is 4.63. The lowest BCUT2D eigenvalue weighted by Gasteiger charge is -2.08. The lowest BCUT2D eigenvalue weighted by Crippen LogP contribution is -1.96. The molecular weight excluding hydrogens is 230 g/mol. The highest BCUT2D eigenvalue weighted by atomic mass is 35.5. The summed E-state index contributed by atoms with van der Waals surface area (Å²) in [5.41, 5.74) is 0. The monoisotopic (exact) mass is 239 g/mol. The number of rotatable bonds is 3. The van der Waals surface area contributed by atoms with Crippen molar-refractivity contribution in [3.05, 3.63) is 23.2 Å². The third-order valence-electron chi connectivity index (χ3n) is 2.34. The number of nitrogens with zero attached hydrogens (tertiary/aromatic N) is 1. The maximum atomic E-state index is 8.96. The highest BCUT2D eigenvalue weighted by Gasteiger charge is 2.44. The smallest absolute Gasteiger partial charge is 0.137 e. The molecule has 4 heteroatoms. The van der Waals surface area contributed by atoms with Gasteiger partial charge in [-0.3, -0.25) is 0 Å². The first kappa shape index (κ1) is 10.7. The van der Waals surface area contributed by atoms with E-state index in [1.54, 1.807) is 18.9 Å². The Hall–Kier alpha value is -0.850. The Morgan fingerprint density at radius 1 is 1.53 bits per heavy atom. The molecule has 1 saturated carbocycles. The maximum absolute atomic E-state index is 8.96. The van der Waals surface area contributed by atoms with Gasteiger partial charge in [0.15, 0.2) is 0 Å². The van der Waals surface area contributed by atoms with Crippen LogP contribution in [0.4, 0.5) is 0 Å². The fourth-order valence-electron chi connectivity index (χ4n) is 1.29. The Labute approximate surface area is 98.2 Å². The molecule has 0 aromatic heterocycles. The molecule has 0 saturated heterocycles. The minimum absolute atomic E-state index is 0.197. The molecule has 0 spiro atoms. The number of nitriles is 1. The van der Waals surface area contributed by atoms with E-state index in [2.05, 4.69) is 6.07 Å². The van der Waals surface area contributed by atoms with E-state index in [0.717, 1.165) is 17.7 Å². The average molecular weight is 240 g/mol. The maximum Gasteiger partial charge on any atom is 0.137 e. The van der Waals surface area contributed by atoms with Crippen molar-refractivity contribution in [3.8, 4) is 11.8 Å². The van der Waals surface area contributed by atoms with E-state index in [4.69, 9.17) is 21.6 Å². The Balaban J connectivity index is 2.17. The predicted molar refractivity (Wildman–Crippen MR) is 61.4 cm³/mol. The van der Waals surface area contributed by atoms with Gasteiger partial charge in [-0.05, 0) is 31.0 Å². The molecule has 0 atom stereocenters. The summed E-state index contributed by atoms with van der Waals surface area (Å²) >= 11 is 7.59. The summed E-state index contributed by atoms with van der Waals surface area (Å²) in [6.07, 6.45) is 1.94. The van der Waals surface area contributed by atoms with Gasteiger partial charge in [-0.2, -0.15) is 5.26 Å². The molecule has 2 rings (SSSR count). The number of thioether (sulfide) groups is 1. The fourth-order valence-corrected chi connectivity index (χ4v) is 2.72. The second kappa shape index (κ2) is 3.96. The number of methoxy groups -OCH3 is 1. The first-order chi connectivity index (χ1) is 7.19. The second-order valence-corrected chi connectivity index (χ2v) is 5.37. The van der Waals surface area contributed by atoms with Gasteiger partial charge in [0.25, 0.3) is 0 Å². The van der Waals surface area contributed by atoms with Crippen LogP contribution in [0, 0.1) is 11.3 Å². The minimum atomic E-state index is -0.197. The molecule has 0 bridgehead atoms. The number of halogens is 1. The van der Waals surface area contributed by atoms with E-state index in [0.29, 0.717) is 10.8 Å². The second-order valence-electron chi connectivity index (χ2n) is 3.50. The molecule has 1 aliphatic rings. The van der Waals surface area contributed by atoms with E-state index < -0.39 is 0 Å². The summed E-state index contributed by atoms with van der Waals surface area (Å²) in [6, 6.07) is 7.96. The van der Waals surface area contributed by atoms with Gasteiger partial charge in [0, 0.05) is 4.90 Å². The SMILES string of the molecule is COc1ccc(SC2(C#N)CC2)cc1Cl. The number of hydrogen-bond donors (Lipinski definition) is 0. The van der Waals surface area contributed by atoms with Gasteiger partial charge in [0.05, 0.1) is 18.2 Å². The Morgan fingerprint density at radius 2 is 2.27 bits per heavy atom. The molecule has 1 aromatic rings. The van der Waals surface area contributed by atoms with Crippen molar-refractivity contribution < 1.29 is 4.74 Å². The van der Waals surface area contributed by atoms with Gasteiger partial charge in [-0.25, -0.2) is 0 Å². The van der Waals surface area contributed by atoms with Crippen LogP contribution in [-0.2, 0) is 0 Å². The van der Waals surface area contributed by atoms with Crippen molar-refractivity contribution in [1.29, 1.82) is 5.26 Å². The van der Waals surface area contributed by atoms with Crippen LogP contribution in [0.3, 0.4) is 0 Å². The molecule has 78 valence electrons. The quantitative estimate of drug-likeness (QED) is 0.810. The van der Waals surface area contributed by atoms with Crippen LogP contribution in [0.15, 0.2) is 23.1 Å². The van der Waals surface area contributed by atoms with E-state index >= 15 is 0 Å². The fraction of sp³-hybridized carbons (Fsp3) is 0.364. The van der Waals surface area contributed by atoms with E-state index in [-0.39, 0.29) is 4.75 Å². The largest absolute Gasteiger partial charge is 0.495 e. The van der Waals surface area contributed by atoms with Crippen molar-refractivity contribution >= 4 is 23.4 Å². The van der Waals surface area contributed by atoms with Gasteiger partial charge in [-0.15, -0.1) is 11.8 Å². The summed E-state index contributed by atoms with van der Waals surface area (Å²) in [4.78, 5) is 1.03. The van der Waals surface area contributed by atoms with Crippen LogP contribution in [0.1, 0.15) is 12.8 Å². The molecule has 0 radical (unpaired) electrons. The van der Waals surface area contributed by atoms with E-state index in [1.807, 2.05) is 18.2 Å². The van der Waals surface area contributed by atoms with Gasteiger partial charge in [0.2, 0.25) is 0 Å². The minimum Gasteiger partial charge on any atom is -0.495 e. The number of benzene rings is 1. The van der Waals surface area contributed by atoms with Crippen LogP contribution in [0.2, 0.25) is 5.02 Å². The summed E-state index contributed by atoms with van der Waals surface area (Å²) in [7, 11) is 1.59. The third kappa shape index (κ3) is 2.22. The zero-order valence-electron chi connectivity index (χ0n) is 8.29. The molecule has 0 amide bonds. The average Bonchev–Trinajstić information content (AvgIpc) is 2.99. The van der Waals surface area contributed by atoms with Crippen LogP contribution >= 0.6 is 23.4 Å². The summed E-state index contributed by atoms with van der Waals surface area (Å²) in [6.45, 7) is 0. The molecule has 1 aromatic carbocycles. The van der Waals surface area contributed by atoms with Crippen LogP contribution in [-0.4, -0.2) is 11.9 Å². The zero-order chi connectivity index (χ0) is 10.9. The van der Waals surface area contributed by atoms with Crippen molar-refractivity contribution in [2.24, 2.45) is 0 Å². The van der Waals surface area contributed by atoms with Crippen LogP contribution < -0.4 is 4.74 Å². The van der Waals surface area contributed by atoms with Crippen molar-refractivity contribution in [2.75, 3.05) is 7.11 Å². The predicted octanol–water partition coefficient (Wildman–Crippen LogP) is 3.50. The Bertz CT molecular complexity index is 423. The van der Waals surface area contributed by atoms with Crippen molar-refractivity contribution in [2.45, 2.75) is 22.5 Å². The zero-order valence-corrected chi connectivity index (χ0v) is 9.86. The first-order valence-corrected chi connectivity index (χ1v) is 5.82. The van der Waals surface area contributed by atoms with Gasteiger partial charge in [-0.1, -0.05) is 11.6 Å². The highest BCUT2D eigenvalue weighted by Crippen LogP contribution is 2.51. The van der Waals surface area contributed by atoms with Crippen molar-refractivity contribution in [3.63, 3.8) is 0 Å². The highest BCUT2D eigenvalue weighted by molar-refractivity contribution is 8.01. The standard InChI is InChI=1S/C11H10ClNOS/c1-14-10-3-2-8(6-9(10)12)15-11(7-13)4-5-11/h2-3,6H,4-5H2,1H3. The molecule has 1 fully saturated rings. The molecule has 0 N–H and O–H groups in total. The van der Waals surface area contributed by atoms with E-state index in [9.17, 15) is 0 Å². The Kier molecular flexibility index (Phi) is 2.81. The van der Waals surface area contributed by atoms with E-state index in [1.165, 1.54) is 0 Å². The van der Waals surface area contributed by atoms with Gasteiger partial charge in [0.1, 0.15) is 10.5 Å². The van der Waals surface area contributed by atoms with Crippen LogP contribution in [0.25, 0.3) is 0 Å². The van der Waals surface area contributed by atoms with Crippen molar-refractivity contribution in [1.82, 2.24) is 0 Å². The molecule has 1 aliphatic carbocycles. The Morgan fingerprint density at radius 3 is 2.73 bits per heavy atom. The molecule has 0 unspecified atom stereocenters. The molecule has 0 aliphatic heterocycles. The molecule has 2 nitrogen and oxygen atoms in total. The number of ether oxygens (including phenoxy) is 1. The lowest BCUT2D eigenvalue weighted by atomic mass is 10.3. The molecule has 15 heavy (non-hydrogen) atoms. The number of hydrogen-bond acceptors (Lipinski definition) is 3. The van der Waals surface area contributed by atoms with Gasteiger partial charge < -0.3 is 4.74 Å². The van der Waals surface area contributed by atoms with Gasteiger partial charge >= 0.3 is 0 Å². The summed E-state index contributed by atoms with van der Waals surface area (Å²) in [5, 5.41) is 9.55. The summed E-state index contributed by atoms with van der Waals surface area (Å²) in [5.74, 6) is 0.669. The van der Waals surface area contributed by atoms with Crippen LogP contribution in [0.5, 0.6) is 5.75 Å². The topological polar surface area (TPSA) is 33.0 Å². The third-order valence-corrected chi connectivity index (χ3v) is 4.02. The molecule has 0 heterocycles. The normalized spacial score (nSPS) is 16.9. The molecular formula is C11H10ClNOS. The lowest BCUT2D eigenvalue weighted by molar-refractivity contribution is 0.414. The summed E-state index contributed by atoms with van der Waals surface area (Å²) < 4.78 is 4.87.